The molecule has 0 aliphatic rings. The van der Waals surface area contributed by atoms with Crippen LogP contribution in [-0.2, 0) is 18.6 Å². The molecule has 30 valence electrons. The van der Waals surface area contributed by atoms with Gasteiger partial charge in [-0.25, -0.2) is 0 Å². The Labute approximate surface area is 45.8 Å². The summed E-state index contributed by atoms with van der Waals surface area (Å²) in [7, 11) is 0. The second-order valence-corrected chi connectivity index (χ2v) is 1.50. The maximum Gasteiger partial charge on any atom is 0 e. The van der Waals surface area contributed by atoms with Crippen LogP contribution in [0.5, 0.6) is 0 Å². The van der Waals surface area contributed by atoms with E-state index in [1.165, 1.54) is 5.92 Å². The fraction of sp³-hybridized carbons (Fsp3) is 0.750. The second kappa shape index (κ2) is 4.58. The van der Waals surface area contributed by atoms with Gasteiger partial charge in [-0.2, -0.15) is 0 Å². The van der Waals surface area contributed by atoms with E-state index in [4.69, 9.17) is 0 Å². The van der Waals surface area contributed by atoms with Gasteiger partial charge in [-0.05, 0) is 5.92 Å². The molecular weight excluding hydrogens is 99.0 g/mol. The van der Waals surface area contributed by atoms with Gasteiger partial charge in [0.05, 0.1) is 0 Å². The first-order valence-electron chi connectivity index (χ1n) is 1.50. The molecule has 0 heterocycles. The Kier molecular flexibility index (Phi) is 8.38. The van der Waals surface area contributed by atoms with Gasteiger partial charge in [-0.1, -0.05) is 20.8 Å². The van der Waals surface area contributed by atoms with Crippen LogP contribution in [0, 0.1) is 5.92 Å². The van der Waals surface area contributed by atoms with Crippen LogP contribution >= 0.6 is 0 Å². The molecular formula is C4H9V. The molecule has 0 aromatic carbocycles. The molecule has 2 radical (unpaired) electrons. The molecule has 0 bridgehead atoms. The van der Waals surface area contributed by atoms with E-state index in [1.54, 1.807) is 0 Å². The Bertz CT molecular complexity index is 8.36. The van der Waals surface area contributed by atoms with Crippen LogP contribution in [0.15, 0.2) is 0 Å². The van der Waals surface area contributed by atoms with Crippen molar-refractivity contribution in [2.24, 2.45) is 0 Å². The predicted molar refractivity (Wildman–Crippen MR) is 20.3 cm³/mol. The zero-order valence-electron chi connectivity index (χ0n) is 3.95. The van der Waals surface area contributed by atoms with Crippen LogP contribution in [0.25, 0.3) is 0 Å². The Hall–Kier alpha value is 0.584. The van der Waals surface area contributed by atoms with Crippen molar-refractivity contribution in [3.8, 4) is 0 Å². The topological polar surface area (TPSA) is 0 Å². The van der Waals surface area contributed by atoms with E-state index in [0.717, 1.165) is 0 Å². The molecule has 0 amide bonds. The van der Waals surface area contributed by atoms with E-state index in [2.05, 4.69) is 20.8 Å². The first kappa shape index (κ1) is 9.14. The van der Waals surface area contributed by atoms with E-state index >= 15 is 0 Å². The fourth-order valence-electron chi connectivity index (χ4n) is 0. The Morgan fingerprint density at radius 1 is 1.00 bits per heavy atom. The van der Waals surface area contributed by atoms with Crippen LogP contribution in [0.4, 0.5) is 0 Å². The average Bonchev–Trinajstić information content (AvgIpc) is 0.811. The van der Waals surface area contributed by atoms with E-state index in [1.807, 2.05) is 0 Å². The van der Waals surface area contributed by atoms with Gasteiger partial charge < -0.3 is 0 Å². The quantitative estimate of drug-likeness (QED) is 0.442. The van der Waals surface area contributed by atoms with Crippen LogP contribution in [-0.4, -0.2) is 0 Å². The van der Waals surface area contributed by atoms with Crippen LogP contribution in [0.1, 0.15) is 20.8 Å². The predicted octanol–water partition coefficient (Wildman–Crippen LogP) is 1.62. The summed E-state index contributed by atoms with van der Waals surface area (Å²) in [6, 6.07) is 0. The van der Waals surface area contributed by atoms with Crippen LogP contribution in [0.3, 0.4) is 0 Å². The molecule has 0 saturated heterocycles. The second-order valence-electron chi connectivity index (χ2n) is 1.50. The largest absolute Gasteiger partial charge is 0.0597 e. The minimum atomic E-state index is 0. The van der Waals surface area contributed by atoms with Crippen molar-refractivity contribution in [3.05, 3.63) is 5.92 Å². The van der Waals surface area contributed by atoms with Crippen molar-refractivity contribution in [2.45, 2.75) is 20.8 Å². The normalized spacial score (nSPS) is 7.20. The average molecular weight is 108 g/mol. The first-order chi connectivity index (χ1) is 1.73. The van der Waals surface area contributed by atoms with Gasteiger partial charge in [0.15, 0.2) is 0 Å². The van der Waals surface area contributed by atoms with Gasteiger partial charge in [0.1, 0.15) is 0 Å². The summed E-state index contributed by atoms with van der Waals surface area (Å²) in [4.78, 5) is 0. The summed E-state index contributed by atoms with van der Waals surface area (Å²) in [6.07, 6.45) is 0. The molecule has 1 heteroatoms. The molecule has 0 aliphatic carbocycles. The van der Waals surface area contributed by atoms with Gasteiger partial charge in [0.25, 0.3) is 0 Å². The molecule has 0 aromatic heterocycles. The molecule has 0 fully saturated rings. The molecule has 0 spiro atoms. The molecule has 0 nitrogen and oxygen atoms in total. The van der Waals surface area contributed by atoms with Crippen molar-refractivity contribution < 1.29 is 18.6 Å². The number of hydrogen-bond acceptors (Lipinski definition) is 0. The van der Waals surface area contributed by atoms with E-state index < -0.39 is 0 Å². The third kappa shape index (κ3) is 89.7. The van der Waals surface area contributed by atoms with Crippen molar-refractivity contribution in [2.75, 3.05) is 0 Å². The molecule has 0 aromatic rings. The van der Waals surface area contributed by atoms with Crippen LogP contribution in [0.2, 0.25) is 0 Å². The molecule has 0 unspecified atom stereocenters. The maximum absolute atomic E-state index is 2.08. The number of rotatable bonds is 0. The summed E-state index contributed by atoms with van der Waals surface area (Å²) in [5.74, 6) is 1.42. The van der Waals surface area contributed by atoms with E-state index in [0.29, 0.717) is 0 Å². The Morgan fingerprint density at radius 2 is 1.00 bits per heavy atom. The number of hydrogen-bond donors (Lipinski definition) is 0. The molecule has 0 N–H and O–H groups in total. The summed E-state index contributed by atoms with van der Waals surface area (Å²) < 4.78 is 0. The van der Waals surface area contributed by atoms with Crippen molar-refractivity contribution in [1.29, 1.82) is 0 Å². The zero-order valence-corrected chi connectivity index (χ0v) is 5.34. The third-order valence-electron chi connectivity index (χ3n) is 0. The van der Waals surface area contributed by atoms with Gasteiger partial charge in [-0.3, -0.25) is 0 Å². The molecule has 5 heavy (non-hydrogen) atoms. The van der Waals surface area contributed by atoms with Crippen molar-refractivity contribution >= 4 is 0 Å². The molecule has 0 atom stereocenters. The molecule has 0 aliphatic heterocycles. The Morgan fingerprint density at radius 3 is 1.00 bits per heavy atom. The summed E-state index contributed by atoms with van der Waals surface area (Å²) >= 11 is 0. The summed E-state index contributed by atoms with van der Waals surface area (Å²) in [6.45, 7) is 6.25. The fourth-order valence-corrected chi connectivity index (χ4v) is 0. The van der Waals surface area contributed by atoms with Gasteiger partial charge >= 0.3 is 0 Å². The molecule has 0 saturated carbocycles. The van der Waals surface area contributed by atoms with E-state index in [-0.39, 0.29) is 18.6 Å². The zero-order chi connectivity index (χ0) is 3.58. The van der Waals surface area contributed by atoms with Crippen molar-refractivity contribution in [3.63, 3.8) is 0 Å². The first-order valence-corrected chi connectivity index (χ1v) is 1.50. The van der Waals surface area contributed by atoms with Crippen molar-refractivity contribution in [1.82, 2.24) is 0 Å². The Balaban J connectivity index is 0. The minimum absolute atomic E-state index is 0. The maximum atomic E-state index is 2.08. The monoisotopic (exact) mass is 108 g/mol. The summed E-state index contributed by atoms with van der Waals surface area (Å²) in [5.41, 5.74) is 0. The SMILES string of the molecule is C[C](C)C.[V]. The van der Waals surface area contributed by atoms with E-state index in [9.17, 15) is 0 Å². The minimum Gasteiger partial charge on any atom is -0.0597 e. The smallest absolute Gasteiger partial charge is 0 e. The van der Waals surface area contributed by atoms with Gasteiger partial charge in [0.2, 0.25) is 0 Å². The van der Waals surface area contributed by atoms with Gasteiger partial charge in [0, 0.05) is 18.6 Å². The standard InChI is InChI=1S/C4H9.V/c1-4(2)3;/h1-3H3;. The molecule has 0 rings (SSSR count). The van der Waals surface area contributed by atoms with Gasteiger partial charge in [-0.15, -0.1) is 0 Å². The third-order valence-corrected chi connectivity index (χ3v) is 0. The summed E-state index contributed by atoms with van der Waals surface area (Å²) in [5, 5.41) is 0. The van der Waals surface area contributed by atoms with Crippen LogP contribution < -0.4 is 0 Å².